The Kier molecular flexibility index (Phi) is 5.01. The van der Waals surface area contributed by atoms with E-state index in [1.165, 1.54) is 5.56 Å². The Morgan fingerprint density at radius 2 is 1.78 bits per heavy atom. The van der Waals surface area contributed by atoms with Gasteiger partial charge in [0.05, 0.1) is 11.0 Å². The van der Waals surface area contributed by atoms with Crippen molar-refractivity contribution in [3.8, 4) is 0 Å². The lowest BCUT2D eigenvalue weighted by Crippen LogP contribution is -2.44. The average Bonchev–Trinajstić information content (AvgIpc) is 3.04. The Bertz CT molecular complexity index is 1000. The van der Waals surface area contributed by atoms with Crippen LogP contribution >= 0.6 is 11.6 Å². The summed E-state index contributed by atoms with van der Waals surface area (Å²) < 4.78 is 0. The summed E-state index contributed by atoms with van der Waals surface area (Å²) in [5, 5.41) is 3.87. The summed E-state index contributed by atoms with van der Waals surface area (Å²) in [6.07, 6.45) is 1.84. The molecule has 0 bridgehead atoms. The summed E-state index contributed by atoms with van der Waals surface area (Å²) in [4.78, 5) is 31.6. The van der Waals surface area contributed by atoms with Crippen LogP contribution in [0.1, 0.15) is 28.8 Å². The first-order valence-electron chi connectivity index (χ1n) is 9.06. The molecule has 2 aromatic carbocycles. The lowest BCUT2D eigenvalue weighted by Gasteiger charge is -2.32. The van der Waals surface area contributed by atoms with E-state index in [9.17, 15) is 9.59 Å². The minimum absolute atomic E-state index is 0.102. The number of piperidine rings is 1. The lowest BCUT2D eigenvalue weighted by molar-refractivity contribution is 0.0909. The van der Waals surface area contributed by atoms with Crippen molar-refractivity contribution in [1.82, 2.24) is 20.2 Å². The number of carbonyl (C=O) groups is 1. The molecule has 2 heterocycles. The molecule has 1 fully saturated rings. The Hall–Kier alpha value is -2.57. The molecular formula is C20H21ClN4O2. The molecule has 7 heteroatoms. The number of nitrogens with zero attached hydrogens (tertiary/aromatic N) is 1. The van der Waals surface area contributed by atoms with Gasteiger partial charge in [-0.3, -0.25) is 9.69 Å². The van der Waals surface area contributed by atoms with Crippen molar-refractivity contribution < 1.29 is 4.79 Å². The van der Waals surface area contributed by atoms with E-state index in [4.69, 9.17) is 11.6 Å². The number of nitrogens with one attached hydrogen (secondary N) is 3. The number of rotatable bonds is 4. The minimum Gasteiger partial charge on any atom is -0.349 e. The van der Waals surface area contributed by atoms with Crippen LogP contribution in [0.4, 0.5) is 0 Å². The van der Waals surface area contributed by atoms with Gasteiger partial charge in [-0.2, -0.15) is 0 Å². The van der Waals surface area contributed by atoms with Crippen LogP contribution in [-0.4, -0.2) is 39.9 Å². The van der Waals surface area contributed by atoms with Gasteiger partial charge in [0, 0.05) is 36.3 Å². The second kappa shape index (κ2) is 7.58. The molecule has 1 aromatic heterocycles. The maximum atomic E-state index is 12.5. The zero-order valence-electron chi connectivity index (χ0n) is 14.8. The van der Waals surface area contributed by atoms with Crippen molar-refractivity contribution in [1.29, 1.82) is 0 Å². The van der Waals surface area contributed by atoms with E-state index in [1.807, 2.05) is 12.1 Å². The maximum absolute atomic E-state index is 12.5. The van der Waals surface area contributed by atoms with Crippen molar-refractivity contribution in [2.45, 2.75) is 25.4 Å². The number of hydrogen-bond acceptors (Lipinski definition) is 3. The van der Waals surface area contributed by atoms with Gasteiger partial charge in [-0.15, -0.1) is 0 Å². The molecule has 0 unspecified atom stereocenters. The van der Waals surface area contributed by atoms with Crippen molar-refractivity contribution >= 4 is 28.5 Å². The highest BCUT2D eigenvalue weighted by Crippen LogP contribution is 2.17. The zero-order valence-corrected chi connectivity index (χ0v) is 15.6. The predicted molar refractivity (Wildman–Crippen MR) is 106 cm³/mol. The van der Waals surface area contributed by atoms with E-state index < -0.39 is 0 Å². The number of halogens is 1. The molecule has 0 aliphatic carbocycles. The quantitative estimate of drug-likeness (QED) is 0.647. The van der Waals surface area contributed by atoms with Crippen molar-refractivity contribution in [3.63, 3.8) is 0 Å². The smallest absolute Gasteiger partial charge is 0.323 e. The standard InChI is InChI=1S/C20H21ClN4O2/c21-15-4-1-13(2-5-15)12-25-9-7-16(8-10-25)22-19(26)14-3-6-17-18(11-14)24-20(27)23-17/h1-6,11,16H,7-10,12H2,(H,22,26)(H2,23,24,27). The number of aromatic nitrogens is 2. The van der Waals surface area contributed by atoms with Crippen molar-refractivity contribution in [2.24, 2.45) is 0 Å². The van der Waals surface area contributed by atoms with Crippen LogP contribution in [0, 0.1) is 0 Å². The lowest BCUT2D eigenvalue weighted by atomic mass is 10.0. The number of fused-ring (bicyclic) bond motifs is 1. The number of amides is 1. The van der Waals surface area contributed by atoms with Crippen LogP contribution in [0.25, 0.3) is 11.0 Å². The van der Waals surface area contributed by atoms with Gasteiger partial charge < -0.3 is 15.3 Å². The highest BCUT2D eigenvalue weighted by Gasteiger charge is 2.21. The van der Waals surface area contributed by atoms with Gasteiger partial charge in [-0.1, -0.05) is 23.7 Å². The summed E-state index contributed by atoms with van der Waals surface area (Å²) >= 11 is 5.93. The third-order valence-corrected chi connectivity index (χ3v) is 5.27. The average molecular weight is 385 g/mol. The molecule has 1 aliphatic rings. The number of benzene rings is 2. The zero-order chi connectivity index (χ0) is 18.8. The Balaban J connectivity index is 1.32. The van der Waals surface area contributed by atoms with Gasteiger partial charge in [-0.05, 0) is 48.7 Å². The summed E-state index contributed by atoms with van der Waals surface area (Å²) in [5.41, 5.74) is 2.88. The molecule has 1 aliphatic heterocycles. The first kappa shape index (κ1) is 17.8. The topological polar surface area (TPSA) is 81.0 Å². The monoisotopic (exact) mass is 384 g/mol. The molecular weight excluding hydrogens is 364 g/mol. The summed E-state index contributed by atoms with van der Waals surface area (Å²) in [5.74, 6) is -0.102. The predicted octanol–water partition coefficient (Wildman–Crippen LogP) is 2.90. The van der Waals surface area contributed by atoms with E-state index in [2.05, 4.69) is 32.3 Å². The van der Waals surface area contributed by atoms with E-state index in [1.54, 1.807) is 18.2 Å². The number of imidazole rings is 1. The molecule has 0 spiro atoms. The minimum atomic E-state index is -0.268. The van der Waals surface area contributed by atoms with E-state index in [0.29, 0.717) is 16.6 Å². The Labute approximate surface area is 161 Å². The fourth-order valence-corrected chi connectivity index (χ4v) is 3.65. The molecule has 140 valence electrons. The Morgan fingerprint density at radius 1 is 1.07 bits per heavy atom. The number of carbonyl (C=O) groups excluding carboxylic acids is 1. The van der Waals surface area contributed by atoms with Gasteiger partial charge in [0.15, 0.2) is 0 Å². The van der Waals surface area contributed by atoms with Gasteiger partial charge in [0.1, 0.15) is 0 Å². The normalized spacial score (nSPS) is 15.9. The molecule has 1 amide bonds. The highest BCUT2D eigenvalue weighted by atomic mass is 35.5. The van der Waals surface area contributed by atoms with Crippen molar-refractivity contribution in [2.75, 3.05) is 13.1 Å². The van der Waals surface area contributed by atoms with Crippen LogP contribution in [-0.2, 0) is 6.54 Å². The third kappa shape index (κ3) is 4.23. The van der Waals surface area contributed by atoms with E-state index >= 15 is 0 Å². The van der Waals surface area contributed by atoms with Crippen LogP contribution in [0.15, 0.2) is 47.3 Å². The largest absolute Gasteiger partial charge is 0.349 e. The third-order valence-electron chi connectivity index (χ3n) is 5.02. The first-order chi connectivity index (χ1) is 13.1. The molecule has 6 nitrogen and oxygen atoms in total. The SMILES string of the molecule is O=C(NC1CCN(Cc2ccc(Cl)cc2)CC1)c1ccc2[nH]c(=O)[nH]c2c1. The molecule has 27 heavy (non-hydrogen) atoms. The molecule has 1 saturated heterocycles. The molecule has 3 N–H and O–H groups in total. The number of hydrogen-bond donors (Lipinski definition) is 3. The number of aromatic amines is 2. The fraction of sp³-hybridized carbons (Fsp3) is 0.300. The second-order valence-electron chi connectivity index (χ2n) is 6.99. The second-order valence-corrected chi connectivity index (χ2v) is 7.43. The van der Waals surface area contributed by atoms with Crippen LogP contribution in [0.3, 0.4) is 0 Å². The fourth-order valence-electron chi connectivity index (χ4n) is 3.53. The Morgan fingerprint density at radius 3 is 2.52 bits per heavy atom. The summed E-state index contributed by atoms with van der Waals surface area (Å²) in [6, 6.07) is 13.3. The molecule has 4 rings (SSSR count). The molecule has 0 saturated carbocycles. The van der Waals surface area contributed by atoms with E-state index in [0.717, 1.165) is 37.5 Å². The summed E-state index contributed by atoms with van der Waals surface area (Å²) in [7, 11) is 0. The molecule has 0 atom stereocenters. The summed E-state index contributed by atoms with van der Waals surface area (Å²) in [6.45, 7) is 2.78. The van der Waals surface area contributed by atoms with Crippen LogP contribution in [0.2, 0.25) is 5.02 Å². The van der Waals surface area contributed by atoms with Gasteiger partial charge >= 0.3 is 5.69 Å². The van der Waals surface area contributed by atoms with E-state index in [-0.39, 0.29) is 17.6 Å². The highest BCUT2D eigenvalue weighted by molar-refractivity contribution is 6.30. The maximum Gasteiger partial charge on any atom is 0.323 e. The van der Waals surface area contributed by atoms with Gasteiger partial charge in [0.2, 0.25) is 0 Å². The number of likely N-dealkylation sites (tertiary alicyclic amines) is 1. The molecule has 0 radical (unpaired) electrons. The van der Waals surface area contributed by atoms with Crippen LogP contribution < -0.4 is 11.0 Å². The molecule has 3 aromatic rings. The van der Waals surface area contributed by atoms with Gasteiger partial charge in [-0.25, -0.2) is 4.79 Å². The number of H-pyrrole nitrogens is 2. The first-order valence-corrected chi connectivity index (χ1v) is 9.44. The van der Waals surface area contributed by atoms with Gasteiger partial charge in [0.25, 0.3) is 5.91 Å². The van der Waals surface area contributed by atoms with Crippen LogP contribution in [0.5, 0.6) is 0 Å². The van der Waals surface area contributed by atoms with Crippen molar-refractivity contribution in [3.05, 3.63) is 69.1 Å².